The van der Waals surface area contributed by atoms with Crippen LogP contribution in [0, 0.1) is 0 Å². The van der Waals surface area contributed by atoms with E-state index in [-0.39, 0.29) is 24.3 Å². The number of ether oxygens (including phenoxy) is 1. The van der Waals surface area contributed by atoms with Gasteiger partial charge in [0.2, 0.25) is 11.8 Å². The van der Waals surface area contributed by atoms with Crippen LogP contribution in [0.2, 0.25) is 0 Å². The Hall–Kier alpha value is -2.04. The summed E-state index contributed by atoms with van der Waals surface area (Å²) in [7, 11) is 0. The second-order valence-electron chi connectivity index (χ2n) is 5.69. The Morgan fingerprint density at radius 3 is 2.59 bits per heavy atom. The number of benzene rings is 1. The maximum Gasteiger partial charge on any atom is 0.242 e. The van der Waals surface area contributed by atoms with Crippen molar-refractivity contribution >= 4 is 11.8 Å². The van der Waals surface area contributed by atoms with E-state index in [1.165, 1.54) is 12.8 Å². The molecule has 0 aromatic heterocycles. The molecule has 2 amide bonds. The first-order valence-electron chi connectivity index (χ1n) is 7.93. The van der Waals surface area contributed by atoms with Gasteiger partial charge in [-0.15, -0.1) is 0 Å². The first-order valence-corrected chi connectivity index (χ1v) is 7.93. The lowest BCUT2D eigenvalue weighted by atomic mass is 10.2. The standard InChI is InChI=1S/C17H24N2O3/c1-13(17(21)19-14-7-5-6-8-14)18-16(20)11-12-22-15-9-3-2-4-10-15/h2-4,9-10,13-14H,5-8,11-12H2,1H3,(H,18,20)(H,19,21)/t13-/m1/s1. The van der Waals surface area contributed by atoms with Gasteiger partial charge in [-0.05, 0) is 31.9 Å². The quantitative estimate of drug-likeness (QED) is 0.810. The van der Waals surface area contributed by atoms with Gasteiger partial charge in [-0.25, -0.2) is 0 Å². The molecule has 1 fully saturated rings. The lowest BCUT2D eigenvalue weighted by molar-refractivity contribution is -0.129. The Morgan fingerprint density at radius 1 is 1.23 bits per heavy atom. The van der Waals surface area contributed by atoms with Crippen molar-refractivity contribution in [2.75, 3.05) is 6.61 Å². The molecule has 2 N–H and O–H groups in total. The van der Waals surface area contributed by atoms with E-state index in [2.05, 4.69) is 10.6 Å². The van der Waals surface area contributed by atoms with Gasteiger partial charge < -0.3 is 15.4 Å². The molecule has 0 unspecified atom stereocenters. The third kappa shape index (κ3) is 5.39. The number of carbonyl (C=O) groups excluding carboxylic acids is 2. The number of amides is 2. The van der Waals surface area contributed by atoms with Crippen LogP contribution in [0.25, 0.3) is 0 Å². The van der Waals surface area contributed by atoms with E-state index in [4.69, 9.17) is 4.74 Å². The first-order chi connectivity index (χ1) is 10.6. The number of rotatable bonds is 7. The van der Waals surface area contributed by atoms with Crippen molar-refractivity contribution in [2.45, 2.75) is 51.1 Å². The van der Waals surface area contributed by atoms with E-state index in [1.54, 1.807) is 6.92 Å². The number of hydrogen-bond acceptors (Lipinski definition) is 3. The zero-order valence-electron chi connectivity index (χ0n) is 13.0. The van der Waals surface area contributed by atoms with Crippen molar-refractivity contribution in [3.63, 3.8) is 0 Å². The summed E-state index contributed by atoms with van der Waals surface area (Å²) >= 11 is 0. The van der Waals surface area contributed by atoms with Gasteiger partial charge in [0.25, 0.3) is 0 Å². The topological polar surface area (TPSA) is 67.4 Å². The van der Waals surface area contributed by atoms with Crippen LogP contribution >= 0.6 is 0 Å². The van der Waals surface area contributed by atoms with Crippen molar-refractivity contribution in [3.05, 3.63) is 30.3 Å². The molecule has 2 rings (SSSR count). The molecule has 0 spiro atoms. The van der Waals surface area contributed by atoms with Crippen molar-refractivity contribution in [2.24, 2.45) is 0 Å². The fourth-order valence-electron chi connectivity index (χ4n) is 2.55. The van der Waals surface area contributed by atoms with Gasteiger partial charge in [-0.2, -0.15) is 0 Å². The predicted molar refractivity (Wildman–Crippen MR) is 84.6 cm³/mol. The highest BCUT2D eigenvalue weighted by Gasteiger charge is 2.21. The lowest BCUT2D eigenvalue weighted by Crippen LogP contribution is -2.47. The minimum atomic E-state index is -0.509. The molecule has 1 aromatic rings. The molecule has 1 atom stereocenters. The fraction of sp³-hybridized carbons (Fsp3) is 0.529. The monoisotopic (exact) mass is 304 g/mol. The summed E-state index contributed by atoms with van der Waals surface area (Å²) in [6, 6.07) is 9.11. The summed E-state index contributed by atoms with van der Waals surface area (Å²) in [6.45, 7) is 2.01. The lowest BCUT2D eigenvalue weighted by Gasteiger charge is -2.17. The molecule has 1 saturated carbocycles. The molecule has 5 heteroatoms. The van der Waals surface area contributed by atoms with E-state index in [0.717, 1.165) is 18.6 Å². The molecular formula is C17H24N2O3. The van der Waals surface area contributed by atoms with Gasteiger partial charge in [0.15, 0.2) is 0 Å². The molecule has 120 valence electrons. The van der Waals surface area contributed by atoms with E-state index >= 15 is 0 Å². The highest BCUT2D eigenvalue weighted by atomic mass is 16.5. The Bertz CT molecular complexity index is 484. The van der Waals surface area contributed by atoms with Crippen LogP contribution in [0.3, 0.4) is 0 Å². The Balaban J connectivity index is 1.64. The maximum absolute atomic E-state index is 12.0. The minimum Gasteiger partial charge on any atom is -0.493 e. The SMILES string of the molecule is C[C@@H](NC(=O)CCOc1ccccc1)C(=O)NC1CCCC1. The minimum absolute atomic E-state index is 0.107. The predicted octanol–water partition coefficient (Wildman–Crippen LogP) is 2.02. The van der Waals surface area contributed by atoms with Gasteiger partial charge in [-0.1, -0.05) is 31.0 Å². The van der Waals surface area contributed by atoms with Crippen molar-refractivity contribution < 1.29 is 14.3 Å². The molecule has 0 bridgehead atoms. The van der Waals surface area contributed by atoms with Crippen molar-refractivity contribution in [1.29, 1.82) is 0 Å². The highest BCUT2D eigenvalue weighted by Crippen LogP contribution is 2.17. The molecule has 5 nitrogen and oxygen atoms in total. The number of hydrogen-bond donors (Lipinski definition) is 2. The Kier molecular flexibility index (Phi) is 6.25. The average Bonchev–Trinajstić information content (AvgIpc) is 3.01. The van der Waals surface area contributed by atoms with Crippen molar-refractivity contribution in [3.8, 4) is 5.75 Å². The second-order valence-corrected chi connectivity index (χ2v) is 5.69. The van der Waals surface area contributed by atoms with Crippen LogP contribution in [0.15, 0.2) is 30.3 Å². The van der Waals surface area contributed by atoms with Gasteiger partial charge in [0.1, 0.15) is 11.8 Å². The normalized spacial score (nSPS) is 16.0. The fourth-order valence-corrected chi connectivity index (χ4v) is 2.55. The van der Waals surface area contributed by atoms with Crippen LogP contribution in [0.4, 0.5) is 0 Å². The summed E-state index contributed by atoms with van der Waals surface area (Å²) in [5.74, 6) is 0.455. The van der Waals surface area contributed by atoms with Gasteiger partial charge >= 0.3 is 0 Å². The highest BCUT2D eigenvalue weighted by molar-refractivity contribution is 5.87. The molecule has 22 heavy (non-hydrogen) atoms. The number of nitrogens with one attached hydrogen (secondary N) is 2. The third-order valence-corrected chi connectivity index (χ3v) is 3.81. The summed E-state index contributed by atoms with van der Waals surface area (Å²) in [4.78, 5) is 23.8. The molecule has 1 aromatic carbocycles. The van der Waals surface area contributed by atoms with Crippen LogP contribution in [-0.4, -0.2) is 30.5 Å². The molecule has 0 saturated heterocycles. The number of para-hydroxylation sites is 1. The smallest absolute Gasteiger partial charge is 0.242 e. The van der Waals surface area contributed by atoms with Gasteiger partial charge in [0.05, 0.1) is 13.0 Å². The largest absolute Gasteiger partial charge is 0.493 e. The summed E-state index contributed by atoms with van der Waals surface area (Å²) < 4.78 is 5.46. The van der Waals surface area contributed by atoms with E-state index < -0.39 is 6.04 Å². The van der Waals surface area contributed by atoms with E-state index in [9.17, 15) is 9.59 Å². The molecule has 1 aliphatic carbocycles. The molecule has 0 heterocycles. The van der Waals surface area contributed by atoms with Crippen LogP contribution in [0.1, 0.15) is 39.0 Å². The molecule has 0 radical (unpaired) electrons. The summed E-state index contributed by atoms with van der Waals surface area (Å²) in [6.07, 6.45) is 4.65. The van der Waals surface area contributed by atoms with Gasteiger partial charge in [-0.3, -0.25) is 9.59 Å². The van der Waals surface area contributed by atoms with Crippen LogP contribution in [-0.2, 0) is 9.59 Å². The summed E-state index contributed by atoms with van der Waals surface area (Å²) in [5.41, 5.74) is 0. The van der Waals surface area contributed by atoms with E-state index in [0.29, 0.717) is 6.61 Å². The van der Waals surface area contributed by atoms with Crippen LogP contribution < -0.4 is 15.4 Å². The number of carbonyl (C=O) groups is 2. The molecule has 0 aliphatic heterocycles. The average molecular weight is 304 g/mol. The Labute approximate surface area is 131 Å². The summed E-state index contributed by atoms with van der Waals surface area (Å²) in [5, 5.41) is 5.69. The zero-order chi connectivity index (χ0) is 15.8. The Morgan fingerprint density at radius 2 is 1.91 bits per heavy atom. The second kappa shape index (κ2) is 8.41. The first kappa shape index (κ1) is 16.3. The third-order valence-electron chi connectivity index (χ3n) is 3.81. The molecule has 1 aliphatic rings. The van der Waals surface area contributed by atoms with Crippen LogP contribution in [0.5, 0.6) is 5.75 Å². The van der Waals surface area contributed by atoms with E-state index in [1.807, 2.05) is 30.3 Å². The van der Waals surface area contributed by atoms with Gasteiger partial charge in [0, 0.05) is 6.04 Å². The van der Waals surface area contributed by atoms with Crippen molar-refractivity contribution in [1.82, 2.24) is 10.6 Å². The molecular weight excluding hydrogens is 280 g/mol. The maximum atomic E-state index is 12.0. The zero-order valence-corrected chi connectivity index (χ0v) is 13.0.